The van der Waals surface area contributed by atoms with E-state index < -0.39 is 5.91 Å². The molecule has 152 valence electrons. The number of nitrogens with two attached hydrogens (primary N) is 1. The molecule has 0 fully saturated rings. The van der Waals surface area contributed by atoms with E-state index in [1.54, 1.807) is 12.1 Å². The van der Waals surface area contributed by atoms with Crippen LogP contribution in [0.5, 0.6) is 5.75 Å². The molecule has 2 heterocycles. The van der Waals surface area contributed by atoms with Crippen molar-refractivity contribution in [2.24, 2.45) is 0 Å². The van der Waals surface area contributed by atoms with Gasteiger partial charge in [-0.3, -0.25) is 15.6 Å². The van der Waals surface area contributed by atoms with E-state index in [1.165, 1.54) is 23.7 Å². The van der Waals surface area contributed by atoms with Gasteiger partial charge in [0, 0.05) is 9.90 Å². The molecule has 0 atom stereocenters. The number of hydrogen-bond acceptors (Lipinski definition) is 9. The summed E-state index contributed by atoms with van der Waals surface area (Å²) >= 11 is 13.3. The number of halogens is 2. The maximum Gasteiger partial charge on any atom is 0.276 e. The minimum absolute atomic E-state index is 0.222. The van der Waals surface area contributed by atoms with E-state index in [0.717, 1.165) is 10.6 Å². The molecule has 0 aliphatic carbocycles. The van der Waals surface area contributed by atoms with Crippen LogP contribution in [-0.4, -0.2) is 27.5 Å². The Morgan fingerprint density at radius 2 is 2.00 bits per heavy atom. The summed E-state index contributed by atoms with van der Waals surface area (Å²) in [6.07, 6.45) is 1.31. The summed E-state index contributed by atoms with van der Waals surface area (Å²) in [4.78, 5) is 25.6. The maximum atomic E-state index is 12.0. The minimum Gasteiger partial charge on any atom is -0.482 e. The second-order valence-corrected chi connectivity index (χ2v) is 7.85. The fourth-order valence-electron chi connectivity index (χ4n) is 2.12. The van der Waals surface area contributed by atoms with Gasteiger partial charge in [-0.05, 0) is 32.0 Å². The van der Waals surface area contributed by atoms with Crippen molar-refractivity contribution in [2.75, 3.05) is 23.1 Å². The SMILES string of the molecule is Cc1nc(Nc2ncnc(NNC(=O)COc3ccc(Cl)cc3Cl)c2N)sc1C. The average Bonchev–Trinajstić information content (AvgIpc) is 2.99. The number of aromatic nitrogens is 3. The molecule has 0 unspecified atom stereocenters. The normalized spacial score (nSPS) is 10.5. The lowest BCUT2D eigenvalue weighted by atomic mass is 10.3. The monoisotopic (exact) mass is 453 g/mol. The number of anilines is 4. The van der Waals surface area contributed by atoms with Crippen LogP contribution in [0.4, 0.5) is 22.5 Å². The van der Waals surface area contributed by atoms with Crippen LogP contribution in [-0.2, 0) is 4.79 Å². The molecule has 1 amide bonds. The van der Waals surface area contributed by atoms with Crippen molar-refractivity contribution in [2.45, 2.75) is 13.8 Å². The minimum atomic E-state index is -0.463. The van der Waals surface area contributed by atoms with Gasteiger partial charge in [-0.1, -0.05) is 23.2 Å². The number of ether oxygens (including phenoxy) is 1. The highest BCUT2D eigenvalue weighted by Gasteiger charge is 2.12. The van der Waals surface area contributed by atoms with E-state index in [4.69, 9.17) is 33.7 Å². The van der Waals surface area contributed by atoms with E-state index in [1.807, 2.05) is 13.8 Å². The third kappa shape index (κ3) is 5.37. The average molecular weight is 454 g/mol. The molecule has 0 saturated carbocycles. The molecule has 0 spiro atoms. The van der Waals surface area contributed by atoms with Gasteiger partial charge in [-0.25, -0.2) is 15.0 Å². The molecule has 2 aromatic heterocycles. The molecule has 0 aliphatic rings. The summed E-state index contributed by atoms with van der Waals surface area (Å²) in [5, 5.41) is 4.49. The first-order chi connectivity index (χ1) is 13.8. The third-order valence-electron chi connectivity index (χ3n) is 3.71. The number of rotatable bonds is 7. The number of nitrogens with one attached hydrogen (secondary N) is 3. The Morgan fingerprint density at radius 3 is 2.69 bits per heavy atom. The Balaban J connectivity index is 1.58. The topological polar surface area (TPSA) is 127 Å². The molecule has 3 aromatic rings. The molecule has 0 bridgehead atoms. The lowest BCUT2D eigenvalue weighted by molar-refractivity contribution is -0.122. The summed E-state index contributed by atoms with van der Waals surface area (Å²) in [5.41, 5.74) is 12.3. The highest BCUT2D eigenvalue weighted by atomic mass is 35.5. The Hall–Kier alpha value is -2.82. The third-order valence-corrected chi connectivity index (χ3v) is 5.23. The number of carbonyl (C=O) groups excluding carboxylic acids is 1. The van der Waals surface area contributed by atoms with Gasteiger partial charge in [0.05, 0.1) is 10.7 Å². The van der Waals surface area contributed by atoms with Crippen molar-refractivity contribution in [1.29, 1.82) is 0 Å². The van der Waals surface area contributed by atoms with Gasteiger partial charge in [-0.15, -0.1) is 11.3 Å². The van der Waals surface area contributed by atoms with Gasteiger partial charge < -0.3 is 15.8 Å². The van der Waals surface area contributed by atoms with Gasteiger partial charge in [-0.2, -0.15) is 0 Å². The lowest BCUT2D eigenvalue weighted by Gasteiger charge is -2.13. The molecule has 9 nitrogen and oxygen atoms in total. The van der Waals surface area contributed by atoms with Crippen molar-refractivity contribution in [3.8, 4) is 5.75 Å². The van der Waals surface area contributed by atoms with Gasteiger partial charge >= 0.3 is 0 Å². The molecule has 0 saturated heterocycles. The molecule has 0 aliphatic heterocycles. The van der Waals surface area contributed by atoms with Gasteiger partial charge in [0.2, 0.25) is 0 Å². The zero-order chi connectivity index (χ0) is 21.0. The Morgan fingerprint density at radius 1 is 1.24 bits per heavy atom. The molecule has 5 N–H and O–H groups in total. The number of nitrogens with zero attached hydrogens (tertiary/aromatic N) is 3. The fourth-order valence-corrected chi connectivity index (χ4v) is 3.40. The molecule has 12 heteroatoms. The highest BCUT2D eigenvalue weighted by Crippen LogP contribution is 2.29. The lowest BCUT2D eigenvalue weighted by Crippen LogP contribution is -2.34. The van der Waals surface area contributed by atoms with Gasteiger partial charge in [0.1, 0.15) is 17.8 Å². The first-order valence-corrected chi connectivity index (χ1v) is 9.85. The van der Waals surface area contributed by atoms with E-state index in [-0.39, 0.29) is 18.1 Å². The molecular weight excluding hydrogens is 437 g/mol. The Kier molecular flexibility index (Phi) is 6.57. The molecule has 0 radical (unpaired) electrons. The van der Waals surface area contributed by atoms with Gasteiger partial charge in [0.25, 0.3) is 5.91 Å². The predicted molar refractivity (Wildman–Crippen MR) is 115 cm³/mol. The van der Waals surface area contributed by atoms with E-state index in [0.29, 0.717) is 26.7 Å². The second-order valence-electron chi connectivity index (χ2n) is 5.81. The molecule has 29 heavy (non-hydrogen) atoms. The second kappa shape index (κ2) is 9.12. The van der Waals surface area contributed by atoms with Crippen LogP contribution in [0.3, 0.4) is 0 Å². The predicted octanol–water partition coefficient (Wildman–Crippen LogP) is 3.70. The van der Waals surface area contributed by atoms with Crippen molar-refractivity contribution in [1.82, 2.24) is 20.4 Å². The zero-order valence-electron chi connectivity index (χ0n) is 15.4. The first kappa shape index (κ1) is 20.9. The van der Waals surface area contributed by atoms with E-state index in [2.05, 4.69) is 31.1 Å². The van der Waals surface area contributed by atoms with Crippen LogP contribution < -0.4 is 26.6 Å². The zero-order valence-corrected chi connectivity index (χ0v) is 17.7. The van der Waals surface area contributed by atoms with Crippen molar-refractivity contribution in [3.05, 3.63) is 45.1 Å². The van der Waals surface area contributed by atoms with Gasteiger partial charge in [0.15, 0.2) is 23.4 Å². The summed E-state index contributed by atoms with van der Waals surface area (Å²) in [6, 6.07) is 4.71. The number of thiazole rings is 1. The smallest absolute Gasteiger partial charge is 0.276 e. The number of hydrogen-bond donors (Lipinski definition) is 4. The quantitative estimate of drug-likeness (QED) is 0.398. The summed E-state index contributed by atoms with van der Waals surface area (Å²) in [5.74, 6) is 0.475. The number of benzene rings is 1. The van der Waals surface area contributed by atoms with E-state index >= 15 is 0 Å². The number of hydrazine groups is 1. The van der Waals surface area contributed by atoms with Crippen molar-refractivity contribution < 1.29 is 9.53 Å². The maximum absolute atomic E-state index is 12.0. The Bertz CT molecular complexity index is 1030. The fraction of sp³-hybridized carbons (Fsp3) is 0.176. The van der Waals surface area contributed by atoms with Crippen LogP contribution in [0, 0.1) is 13.8 Å². The van der Waals surface area contributed by atoms with Crippen molar-refractivity contribution in [3.63, 3.8) is 0 Å². The number of amides is 1. The standard InChI is InChI=1S/C17H17Cl2N7O2S/c1-8-9(2)29-17(23-8)24-15-14(20)16(22-7-21-15)26-25-13(27)6-28-12-4-3-10(18)5-11(12)19/h3-5,7H,6,20H2,1-2H3,(H,25,27)(H2,21,22,23,24,26). The van der Waals surface area contributed by atoms with Crippen LogP contribution >= 0.6 is 34.5 Å². The molecule has 1 aromatic carbocycles. The van der Waals surface area contributed by atoms with Crippen LogP contribution in [0.15, 0.2) is 24.5 Å². The number of nitrogen functional groups attached to an aromatic ring is 1. The van der Waals surface area contributed by atoms with E-state index in [9.17, 15) is 4.79 Å². The highest BCUT2D eigenvalue weighted by molar-refractivity contribution is 7.15. The van der Waals surface area contributed by atoms with Crippen LogP contribution in [0.25, 0.3) is 0 Å². The van der Waals surface area contributed by atoms with Crippen molar-refractivity contribution >= 4 is 62.9 Å². The number of aryl methyl sites for hydroxylation is 2. The largest absolute Gasteiger partial charge is 0.482 e. The summed E-state index contributed by atoms with van der Waals surface area (Å²) in [7, 11) is 0. The number of carbonyl (C=O) groups is 1. The first-order valence-electron chi connectivity index (χ1n) is 8.27. The molecular formula is C17H17Cl2N7O2S. The van der Waals surface area contributed by atoms with Crippen LogP contribution in [0.1, 0.15) is 10.6 Å². The Labute approximate surface area is 180 Å². The summed E-state index contributed by atoms with van der Waals surface area (Å²) in [6.45, 7) is 3.62. The summed E-state index contributed by atoms with van der Waals surface area (Å²) < 4.78 is 5.36. The molecule has 3 rings (SSSR count). The van der Waals surface area contributed by atoms with Crippen LogP contribution in [0.2, 0.25) is 10.0 Å².